The van der Waals surface area contributed by atoms with Gasteiger partial charge in [-0.3, -0.25) is 0 Å². The smallest absolute Gasteiger partial charge is 0.122 e. The molecule has 0 aliphatic heterocycles. The van der Waals surface area contributed by atoms with Gasteiger partial charge in [-0.2, -0.15) is 0 Å². The maximum absolute atomic E-state index is 6.53. The molecule has 0 saturated carbocycles. The first-order chi connectivity index (χ1) is 9.11. The van der Waals surface area contributed by atoms with Crippen molar-refractivity contribution in [3.8, 4) is 5.75 Å². The third-order valence-electron chi connectivity index (χ3n) is 3.17. The van der Waals surface area contributed by atoms with E-state index in [-0.39, 0.29) is 5.38 Å². The van der Waals surface area contributed by atoms with Crippen molar-refractivity contribution in [1.29, 1.82) is 0 Å². The number of hydrogen-bond acceptors (Lipinski definition) is 1. The van der Waals surface area contributed by atoms with Crippen molar-refractivity contribution < 1.29 is 4.74 Å². The van der Waals surface area contributed by atoms with E-state index < -0.39 is 0 Å². The lowest BCUT2D eigenvalue weighted by Gasteiger charge is -2.15. The van der Waals surface area contributed by atoms with Crippen LogP contribution in [0.2, 0.25) is 5.02 Å². The third kappa shape index (κ3) is 3.43. The zero-order valence-corrected chi connectivity index (χ0v) is 12.5. The Morgan fingerprint density at radius 1 is 1.16 bits per heavy atom. The van der Waals surface area contributed by atoms with E-state index in [1.54, 1.807) is 7.11 Å². The van der Waals surface area contributed by atoms with Crippen molar-refractivity contribution in [2.45, 2.75) is 18.7 Å². The van der Waals surface area contributed by atoms with Crippen molar-refractivity contribution in [2.24, 2.45) is 0 Å². The van der Waals surface area contributed by atoms with Gasteiger partial charge in [0.15, 0.2) is 0 Å². The fraction of sp³-hybridized carbons (Fsp3) is 0.250. The summed E-state index contributed by atoms with van der Waals surface area (Å²) in [7, 11) is 1.67. The number of halogens is 2. The number of hydrogen-bond donors (Lipinski definition) is 0. The fourth-order valence-electron chi connectivity index (χ4n) is 2.12. The molecule has 0 aromatic heterocycles. The maximum Gasteiger partial charge on any atom is 0.122 e. The summed E-state index contributed by atoms with van der Waals surface area (Å²) in [6, 6.07) is 13.7. The summed E-state index contributed by atoms with van der Waals surface area (Å²) in [6.45, 7) is 2.04. The number of rotatable bonds is 4. The Kier molecular flexibility index (Phi) is 4.73. The molecular weight excluding hydrogens is 279 g/mol. The Bertz CT molecular complexity index is 566. The first-order valence-electron chi connectivity index (χ1n) is 6.14. The minimum atomic E-state index is -0.116. The molecule has 100 valence electrons. The Morgan fingerprint density at radius 3 is 2.63 bits per heavy atom. The van der Waals surface area contributed by atoms with Gasteiger partial charge in [-0.15, -0.1) is 11.6 Å². The van der Waals surface area contributed by atoms with Gasteiger partial charge in [-0.25, -0.2) is 0 Å². The summed E-state index contributed by atoms with van der Waals surface area (Å²) in [6.07, 6.45) is 0.715. The van der Waals surface area contributed by atoms with E-state index in [0.717, 1.165) is 22.4 Å². The average Bonchev–Trinajstić information content (AvgIpc) is 2.42. The Labute approximate surface area is 124 Å². The van der Waals surface area contributed by atoms with Crippen LogP contribution in [0.5, 0.6) is 5.75 Å². The van der Waals surface area contributed by atoms with Crippen LogP contribution in [0.15, 0.2) is 42.5 Å². The van der Waals surface area contributed by atoms with Gasteiger partial charge in [0.05, 0.1) is 12.5 Å². The second kappa shape index (κ2) is 6.31. The molecule has 0 fully saturated rings. The average molecular weight is 295 g/mol. The maximum atomic E-state index is 6.53. The van der Waals surface area contributed by atoms with Gasteiger partial charge in [0, 0.05) is 5.02 Å². The molecule has 1 atom stereocenters. The number of aryl methyl sites for hydroxylation is 1. The largest absolute Gasteiger partial charge is 0.496 e. The molecule has 0 spiro atoms. The lowest BCUT2D eigenvalue weighted by molar-refractivity contribution is 0.409. The minimum absolute atomic E-state index is 0.116. The number of ether oxygens (including phenoxy) is 1. The number of benzene rings is 2. The molecule has 2 rings (SSSR count). The van der Waals surface area contributed by atoms with Crippen molar-refractivity contribution in [1.82, 2.24) is 0 Å². The highest BCUT2D eigenvalue weighted by atomic mass is 35.5. The Balaban J connectivity index is 2.25. The van der Waals surface area contributed by atoms with Gasteiger partial charge in [-0.1, -0.05) is 35.9 Å². The van der Waals surface area contributed by atoms with Crippen molar-refractivity contribution in [3.63, 3.8) is 0 Å². The number of alkyl halides is 1. The molecule has 2 aromatic rings. The molecule has 3 heteroatoms. The molecule has 0 radical (unpaired) electrons. The van der Waals surface area contributed by atoms with E-state index in [1.807, 2.05) is 49.4 Å². The summed E-state index contributed by atoms with van der Waals surface area (Å²) in [5, 5.41) is 0.598. The van der Waals surface area contributed by atoms with Gasteiger partial charge < -0.3 is 4.74 Å². The summed E-state index contributed by atoms with van der Waals surface area (Å²) < 4.78 is 5.35. The number of para-hydroxylation sites is 1. The van der Waals surface area contributed by atoms with Crippen LogP contribution in [-0.4, -0.2) is 7.11 Å². The van der Waals surface area contributed by atoms with Crippen LogP contribution in [-0.2, 0) is 6.42 Å². The van der Waals surface area contributed by atoms with E-state index >= 15 is 0 Å². The van der Waals surface area contributed by atoms with Gasteiger partial charge in [0.25, 0.3) is 0 Å². The van der Waals surface area contributed by atoms with Crippen LogP contribution in [0, 0.1) is 6.92 Å². The predicted octanol–water partition coefficient (Wildman–Crippen LogP) is 5.18. The van der Waals surface area contributed by atoms with Crippen LogP contribution < -0.4 is 4.74 Å². The van der Waals surface area contributed by atoms with Gasteiger partial charge in [0.1, 0.15) is 5.75 Å². The minimum Gasteiger partial charge on any atom is -0.496 e. The summed E-state index contributed by atoms with van der Waals surface area (Å²) in [5.74, 6) is 0.868. The van der Waals surface area contributed by atoms with E-state index in [2.05, 4.69) is 0 Å². The Morgan fingerprint density at radius 2 is 1.89 bits per heavy atom. The molecular formula is C16H16Cl2O. The van der Waals surface area contributed by atoms with Crippen LogP contribution in [0.3, 0.4) is 0 Å². The van der Waals surface area contributed by atoms with E-state index in [1.165, 1.54) is 0 Å². The van der Waals surface area contributed by atoms with Gasteiger partial charge in [0.2, 0.25) is 0 Å². The first kappa shape index (κ1) is 14.2. The van der Waals surface area contributed by atoms with Gasteiger partial charge >= 0.3 is 0 Å². The molecule has 0 aliphatic rings. The highest BCUT2D eigenvalue weighted by Crippen LogP contribution is 2.32. The fourth-order valence-corrected chi connectivity index (χ4v) is 2.71. The quantitative estimate of drug-likeness (QED) is 0.706. The standard InChI is InChI=1S/C16H16Cl2O/c1-11-7-8-13(17)10-14(11)15(18)9-12-5-3-4-6-16(12)19-2/h3-8,10,15H,9H2,1-2H3. The molecule has 1 unspecified atom stereocenters. The lowest BCUT2D eigenvalue weighted by Crippen LogP contribution is -2.00. The van der Waals surface area contributed by atoms with E-state index in [4.69, 9.17) is 27.9 Å². The normalized spacial score (nSPS) is 12.2. The second-order valence-electron chi connectivity index (χ2n) is 4.48. The molecule has 1 nitrogen and oxygen atoms in total. The summed E-state index contributed by atoms with van der Waals surface area (Å²) in [5.41, 5.74) is 3.32. The lowest BCUT2D eigenvalue weighted by atomic mass is 9.99. The zero-order chi connectivity index (χ0) is 13.8. The molecule has 0 N–H and O–H groups in total. The van der Waals surface area contributed by atoms with E-state index in [0.29, 0.717) is 11.4 Å². The van der Waals surface area contributed by atoms with Crippen LogP contribution in [0.4, 0.5) is 0 Å². The molecule has 0 heterocycles. The van der Waals surface area contributed by atoms with Crippen LogP contribution in [0.25, 0.3) is 0 Å². The highest BCUT2D eigenvalue weighted by Gasteiger charge is 2.14. The van der Waals surface area contributed by atoms with Crippen molar-refractivity contribution >= 4 is 23.2 Å². The monoisotopic (exact) mass is 294 g/mol. The zero-order valence-electron chi connectivity index (χ0n) is 11.0. The van der Waals surface area contributed by atoms with Crippen LogP contribution in [0.1, 0.15) is 22.1 Å². The van der Waals surface area contributed by atoms with Crippen LogP contribution >= 0.6 is 23.2 Å². The summed E-state index contributed by atoms with van der Waals surface area (Å²) >= 11 is 12.6. The number of methoxy groups -OCH3 is 1. The topological polar surface area (TPSA) is 9.23 Å². The van der Waals surface area contributed by atoms with Gasteiger partial charge in [-0.05, 0) is 48.2 Å². The SMILES string of the molecule is COc1ccccc1CC(Cl)c1cc(Cl)ccc1C. The molecule has 0 saturated heterocycles. The highest BCUT2D eigenvalue weighted by molar-refractivity contribution is 6.30. The first-order valence-corrected chi connectivity index (χ1v) is 6.95. The van der Waals surface area contributed by atoms with Crippen molar-refractivity contribution in [3.05, 3.63) is 64.2 Å². The molecule has 0 aliphatic carbocycles. The molecule has 0 bridgehead atoms. The van der Waals surface area contributed by atoms with Crippen molar-refractivity contribution in [2.75, 3.05) is 7.11 Å². The molecule has 19 heavy (non-hydrogen) atoms. The summed E-state index contributed by atoms with van der Waals surface area (Å²) in [4.78, 5) is 0. The second-order valence-corrected chi connectivity index (χ2v) is 5.45. The molecule has 0 amide bonds. The Hall–Kier alpha value is -1.18. The molecule has 2 aromatic carbocycles. The van der Waals surface area contributed by atoms with E-state index in [9.17, 15) is 0 Å². The third-order valence-corrected chi connectivity index (χ3v) is 3.79. The predicted molar refractivity (Wildman–Crippen MR) is 81.5 cm³/mol.